The van der Waals surface area contributed by atoms with Gasteiger partial charge in [0, 0.05) is 12.0 Å². The lowest BCUT2D eigenvalue weighted by atomic mass is 9.63. The first-order chi connectivity index (χ1) is 7.20. The molecular formula is C12H17NO2. The molecule has 0 amide bonds. The van der Waals surface area contributed by atoms with Gasteiger partial charge in [-0.1, -0.05) is 12.1 Å². The number of aliphatic hydroxyl groups excluding tert-OH is 1. The third-order valence-corrected chi connectivity index (χ3v) is 3.35. The van der Waals surface area contributed by atoms with E-state index < -0.39 is 0 Å². The molecule has 15 heavy (non-hydrogen) atoms. The van der Waals surface area contributed by atoms with Crippen LogP contribution in [0.3, 0.4) is 0 Å². The molecule has 3 N–H and O–H groups in total. The summed E-state index contributed by atoms with van der Waals surface area (Å²) in [5, 5.41) is 9.40. The van der Waals surface area contributed by atoms with Crippen molar-refractivity contribution in [3.05, 3.63) is 29.8 Å². The molecule has 0 unspecified atom stereocenters. The normalized spacial score (nSPS) is 29.7. The molecule has 0 bridgehead atoms. The first-order valence-electron chi connectivity index (χ1n) is 5.23. The zero-order valence-corrected chi connectivity index (χ0v) is 8.94. The van der Waals surface area contributed by atoms with Crippen LogP contribution >= 0.6 is 0 Å². The maximum absolute atomic E-state index is 9.40. The fourth-order valence-corrected chi connectivity index (χ4v) is 2.31. The average molecular weight is 207 g/mol. The van der Waals surface area contributed by atoms with Gasteiger partial charge in [-0.2, -0.15) is 0 Å². The highest BCUT2D eigenvalue weighted by molar-refractivity contribution is 5.35. The van der Waals surface area contributed by atoms with E-state index in [2.05, 4.69) is 0 Å². The van der Waals surface area contributed by atoms with Crippen LogP contribution in [0.15, 0.2) is 24.3 Å². The largest absolute Gasteiger partial charge is 0.497 e. The second-order valence-corrected chi connectivity index (χ2v) is 4.28. The maximum atomic E-state index is 9.40. The van der Waals surface area contributed by atoms with Gasteiger partial charge < -0.3 is 15.6 Å². The Balaban J connectivity index is 2.21. The van der Waals surface area contributed by atoms with E-state index in [9.17, 15) is 5.11 Å². The summed E-state index contributed by atoms with van der Waals surface area (Å²) in [6.07, 6.45) is 1.36. The van der Waals surface area contributed by atoms with E-state index >= 15 is 0 Å². The van der Waals surface area contributed by atoms with Gasteiger partial charge in [-0.15, -0.1) is 0 Å². The van der Waals surface area contributed by atoms with Crippen LogP contribution in [0.1, 0.15) is 18.4 Å². The number of aliphatic hydroxyl groups is 1. The van der Waals surface area contributed by atoms with Crippen LogP contribution in [-0.2, 0) is 5.41 Å². The standard InChI is InChI=1S/C12H17NO2/c1-15-11-4-2-9(3-5-11)12(8-13)6-10(14)7-12/h2-5,10,14H,6-8,13H2,1H3. The average Bonchev–Trinajstić information content (AvgIpc) is 2.25. The zero-order valence-electron chi connectivity index (χ0n) is 8.94. The van der Waals surface area contributed by atoms with Gasteiger partial charge in [0.1, 0.15) is 5.75 Å². The fourth-order valence-electron chi connectivity index (χ4n) is 2.31. The Morgan fingerprint density at radius 3 is 2.40 bits per heavy atom. The predicted molar refractivity (Wildman–Crippen MR) is 59.0 cm³/mol. The van der Waals surface area contributed by atoms with Crippen molar-refractivity contribution < 1.29 is 9.84 Å². The van der Waals surface area contributed by atoms with E-state index in [0.29, 0.717) is 6.54 Å². The number of hydrogen-bond donors (Lipinski definition) is 2. The number of ether oxygens (including phenoxy) is 1. The lowest BCUT2D eigenvalue weighted by Crippen LogP contribution is -2.49. The molecule has 1 saturated carbocycles. The molecule has 0 spiro atoms. The van der Waals surface area contributed by atoms with Crippen molar-refractivity contribution in [2.24, 2.45) is 5.73 Å². The van der Waals surface area contributed by atoms with E-state index in [4.69, 9.17) is 10.5 Å². The van der Waals surface area contributed by atoms with Gasteiger partial charge in [-0.3, -0.25) is 0 Å². The van der Waals surface area contributed by atoms with Crippen LogP contribution in [0.25, 0.3) is 0 Å². The first-order valence-corrected chi connectivity index (χ1v) is 5.23. The molecule has 0 saturated heterocycles. The van der Waals surface area contributed by atoms with Gasteiger partial charge in [0.25, 0.3) is 0 Å². The molecule has 82 valence electrons. The molecule has 2 rings (SSSR count). The quantitative estimate of drug-likeness (QED) is 0.778. The van der Waals surface area contributed by atoms with Crippen molar-refractivity contribution in [1.29, 1.82) is 0 Å². The number of nitrogens with two attached hydrogens (primary N) is 1. The second kappa shape index (κ2) is 3.83. The molecule has 0 atom stereocenters. The van der Waals surface area contributed by atoms with Gasteiger partial charge in [0.05, 0.1) is 13.2 Å². The number of methoxy groups -OCH3 is 1. The Morgan fingerprint density at radius 2 is 2.00 bits per heavy atom. The molecule has 1 aromatic carbocycles. The summed E-state index contributed by atoms with van der Waals surface area (Å²) >= 11 is 0. The molecule has 1 aromatic rings. The van der Waals surface area contributed by atoms with E-state index in [1.807, 2.05) is 24.3 Å². The van der Waals surface area contributed by atoms with Gasteiger partial charge in [0.15, 0.2) is 0 Å². The summed E-state index contributed by atoms with van der Waals surface area (Å²) in [7, 11) is 1.65. The summed E-state index contributed by atoms with van der Waals surface area (Å²) in [6.45, 7) is 0.594. The summed E-state index contributed by atoms with van der Waals surface area (Å²) in [6, 6.07) is 7.96. The van der Waals surface area contributed by atoms with E-state index in [1.165, 1.54) is 5.56 Å². The van der Waals surface area contributed by atoms with Gasteiger partial charge in [-0.05, 0) is 30.5 Å². The molecule has 3 heteroatoms. The highest BCUT2D eigenvalue weighted by Crippen LogP contribution is 2.43. The van der Waals surface area contributed by atoms with E-state index in [1.54, 1.807) is 7.11 Å². The van der Waals surface area contributed by atoms with Crippen molar-refractivity contribution in [1.82, 2.24) is 0 Å². The van der Waals surface area contributed by atoms with Crippen LogP contribution in [0, 0.1) is 0 Å². The Labute approximate surface area is 89.9 Å². The number of benzene rings is 1. The minimum absolute atomic E-state index is 0.00825. The fraction of sp³-hybridized carbons (Fsp3) is 0.500. The number of hydrogen-bond acceptors (Lipinski definition) is 3. The monoisotopic (exact) mass is 207 g/mol. The van der Waals surface area contributed by atoms with Crippen LogP contribution in [0.5, 0.6) is 5.75 Å². The minimum Gasteiger partial charge on any atom is -0.497 e. The van der Waals surface area contributed by atoms with Crippen LogP contribution < -0.4 is 10.5 Å². The first kappa shape index (κ1) is 10.5. The maximum Gasteiger partial charge on any atom is 0.118 e. The molecule has 0 heterocycles. The zero-order chi connectivity index (χ0) is 10.9. The van der Waals surface area contributed by atoms with Crippen molar-refractivity contribution in [2.75, 3.05) is 13.7 Å². The lowest BCUT2D eigenvalue weighted by Gasteiger charge is -2.45. The van der Waals surface area contributed by atoms with E-state index in [-0.39, 0.29) is 11.5 Å². The third kappa shape index (κ3) is 1.73. The third-order valence-electron chi connectivity index (χ3n) is 3.35. The molecule has 3 nitrogen and oxygen atoms in total. The van der Waals surface area contributed by atoms with Crippen LogP contribution in [0.4, 0.5) is 0 Å². The Hall–Kier alpha value is -1.06. The molecule has 1 fully saturated rings. The van der Waals surface area contributed by atoms with Gasteiger partial charge in [-0.25, -0.2) is 0 Å². The Morgan fingerprint density at radius 1 is 1.40 bits per heavy atom. The smallest absolute Gasteiger partial charge is 0.118 e. The summed E-state index contributed by atoms with van der Waals surface area (Å²) in [4.78, 5) is 0. The summed E-state index contributed by atoms with van der Waals surface area (Å²) in [5.74, 6) is 0.853. The lowest BCUT2D eigenvalue weighted by molar-refractivity contribution is 0.0221. The molecule has 0 radical (unpaired) electrons. The summed E-state index contributed by atoms with van der Waals surface area (Å²) in [5.41, 5.74) is 6.99. The SMILES string of the molecule is COc1ccc(C2(CN)CC(O)C2)cc1. The van der Waals surface area contributed by atoms with Crippen molar-refractivity contribution in [3.63, 3.8) is 0 Å². The molecule has 1 aliphatic carbocycles. The molecule has 1 aliphatic rings. The van der Waals surface area contributed by atoms with Crippen LogP contribution in [-0.4, -0.2) is 24.9 Å². The molecule has 0 aromatic heterocycles. The van der Waals surface area contributed by atoms with Gasteiger partial charge in [0.2, 0.25) is 0 Å². The van der Waals surface area contributed by atoms with E-state index in [0.717, 1.165) is 18.6 Å². The van der Waals surface area contributed by atoms with Crippen LogP contribution in [0.2, 0.25) is 0 Å². The molecular weight excluding hydrogens is 190 g/mol. The van der Waals surface area contributed by atoms with Gasteiger partial charge >= 0.3 is 0 Å². The van der Waals surface area contributed by atoms with Crippen molar-refractivity contribution in [3.8, 4) is 5.75 Å². The number of rotatable bonds is 3. The predicted octanol–water partition coefficient (Wildman–Crippen LogP) is 1.05. The Bertz CT molecular complexity index is 328. The van der Waals surface area contributed by atoms with Crippen molar-refractivity contribution in [2.45, 2.75) is 24.4 Å². The topological polar surface area (TPSA) is 55.5 Å². The van der Waals surface area contributed by atoms with Crippen molar-refractivity contribution >= 4 is 0 Å². The Kier molecular flexibility index (Phi) is 2.67. The highest BCUT2D eigenvalue weighted by Gasteiger charge is 2.43. The second-order valence-electron chi connectivity index (χ2n) is 4.28. The molecule has 0 aliphatic heterocycles. The highest BCUT2D eigenvalue weighted by atomic mass is 16.5. The minimum atomic E-state index is -0.185. The summed E-state index contributed by atoms with van der Waals surface area (Å²) < 4.78 is 5.11.